The molecule has 31 heavy (non-hydrogen) atoms. The first-order chi connectivity index (χ1) is 14.9. The number of methoxy groups -OCH3 is 1. The molecular formula is C21H21BrClFN4O2S. The fourth-order valence-electron chi connectivity index (χ4n) is 2.77. The van der Waals surface area contributed by atoms with Crippen LogP contribution in [0.15, 0.2) is 52.0 Å². The number of imidazole rings is 1. The summed E-state index contributed by atoms with van der Waals surface area (Å²) in [6.07, 6.45) is 2.09. The second-order valence-electron chi connectivity index (χ2n) is 6.66. The van der Waals surface area contributed by atoms with Gasteiger partial charge in [-0.25, -0.2) is 14.2 Å². The quantitative estimate of drug-likeness (QED) is 0.278. The molecule has 1 heterocycles. The second kappa shape index (κ2) is 11.0. The van der Waals surface area contributed by atoms with E-state index in [4.69, 9.17) is 11.6 Å². The minimum atomic E-state index is -0.355. The van der Waals surface area contributed by atoms with E-state index in [0.717, 1.165) is 22.6 Å². The first-order valence-electron chi connectivity index (χ1n) is 9.38. The highest BCUT2D eigenvalue weighted by atomic mass is 79.9. The maximum absolute atomic E-state index is 13.8. The minimum Gasteiger partial charge on any atom is -0.453 e. The number of halogens is 3. The Morgan fingerprint density at radius 1 is 1.32 bits per heavy atom. The molecule has 0 aliphatic carbocycles. The highest BCUT2D eigenvalue weighted by Crippen LogP contribution is 2.31. The third kappa shape index (κ3) is 6.22. The number of carbonyl (C=O) groups excluding carboxylic acids is 1. The van der Waals surface area contributed by atoms with Crippen molar-refractivity contribution in [2.75, 3.05) is 27.2 Å². The Morgan fingerprint density at radius 3 is 2.84 bits per heavy atom. The van der Waals surface area contributed by atoms with Gasteiger partial charge in [-0.3, -0.25) is 4.72 Å². The van der Waals surface area contributed by atoms with Crippen molar-refractivity contribution in [2.45, 2.75) is 11.3 Å². The van der Waals surface area contributed by atoms with Gasteiger partial charge in [-0.05, 0) is 64.6 Å². The van der Waals surface area contributed by atoms with E-state index >= 15 is 0 Å². The summed E-state index contributed by atoms with van der Waals surface area (Å²) in [5.74, 6) is 0.333. The predicted octanol–water partition coefficient (Wildman–Crippen LogP) is 5.98. The van der Waals surface area contributed by atoms with Gasteiger partial charge in [0, 0.05) is 36.2 Å². The minimum absolute atomic E-state index is 0.331. The molecule has 164 valence electrons. The zero-order valence-corrected chi connectivity index (χ0v) is 20.1. The van der Waals surface area contributed by atoms with Crippen LogP contribution in [-0.4, -0.2) is 48.2 Å². The summed E-state index contributed by atoms with van der Waals surface area (Å²) in [5.41, 5.74) is 2.29. The van der Waals surface area contributed by atoms with Crippen LogP contribution in [-0.2, 0) is 4.74 Å². The summed E-state index contributed by atoms with van der Waals surface area (Å²) in [6, 6.07) is 10.6. The molecule has 3 rings (SSSR count). The van der Waals surface area contributed by atoms with Gasteiger partial charge in [0.2, 0.25) is 0 Å². The van der Waals surface area contributed by atoms with E-state index in [9.17, 15) is 9.18 Å². The number of ether oxygens (including phenoxy) is 1. The van der Waals surface area contributed by atoms with Gasteiger partial charge in [-0.2, -0.15) is 0 Å². The lowest BCUT2D eigenvalue weighted by Gasteiger charge is -2.15. The average Bonchev–Trinajstić information content (AvgIpc) is 3.26. The van der Waals surface area contributed by atoms with E-state index in [1.165, 1.54) is 30.0 Å². The molecule has 0 unspecified atom stereocenters. The zero-order chi connectivity index (χ0) is 22.4. The molecule has 0 saturated carbocycles. The van der Waals surface area contributed by atoms with Crippen LogP contribution in [0.25, 0.3) is 22.6 Å². The molecule has 6 nitrogen and oxygen atoms in total. The summed E-state index contributed by atoms with van der Waals surface area (Å²) in [7, 11) is 3.06. The Balaban J connectivity index is 1.62. The van der Waals surface area contributed by atoms with Crippen molar-refractivity contribution in [1.29, 1.82) is 0 Å². The third-order valence-electron chi connectivity index (χ3n) is 4.45. The standard InChI is InChI=1S/C21H21BrClFN4O2S/c1-28(21(29)30-2)9-3-8-26-31-19-11-14(5-7-16(19)23)20-25-12-18(27-20)13-4-6-15(22)17(24)10-13/h4-7,10-12,26H,3,8-9H2,1-2H3,(H,25,27). The summed E-state index contributed by atoms with van der Waals surface area (Å²) in [4.78, 5) is 21.4. The highest BCUT2D eigenvalue weighted by Gasteiger charge is 2.11. The SMILES string of the molecule is COC(=O)N(C)CCCNSc1cc(-c2ncc(-c3ccc(Br)c(F)c3)[nH]2)ccc1Cl. The molecule has 2 aromatic carbocycles. The summed E-state index contributed by atoms with van der Waals surface area (Å²) < 4.78 is 22.2. The van der Waals surface area contributed by atoms with Gasteiger partial charge in [0.05, 0.1) is 28.5 Å². The molecular weight excluding hydrogens is 507 g/mol. The van der Waals surface area contributed by atoms with Crippen molar-refractivity contribution in [1.82, 2.24) is 19.6 Å². The van der Waals surface area contributed by atoms with Crippen LogP contribution in [0.3, 0.4) is 0 Å². The van der Waals surface area contributed by atoms with E-state index in [2.05, 4.69) is 35.4 Å². The molecule has 10 heteroatoms. The maximum Gasteiger partial charge on any atom is 0.409 e. The van der Waals surface area contributed by atoms with Gasteiger partial charge >= 0.3 is 6.09 Å². The molecule has 0 saturated heterocycles. The average molecular weight is 528 g/mol. The molecule has 0 fully saturated rings. The van der Waals surface area contributed by atoms with E-state index < -0.39 is 0 Å². The molecule has 2 N–H and O–H groups in total. The summed E-state index contributed by atoms with van der Waals surface area (Å²) >= 11 is 10.9. The molecule has 0 spiro atoms. The Kier molecular flexibility index (Phi) is 8.36. The number of H-pyrrole nitrogens is 1. The van der Waals surface area contributed by atoms with E-state index in [1.54, 1.807) is 19.3 Å². The lowest BCUT2D eigenvalue weighted by Crippen LogP contribution is -2.28. The fourth-order valence-corrected chi connectivity index (χ4v) is 4.00. The number of nitrogens with zero attached hydrogens (tertiary/aromatic N) is 2. The van der Waals surface area contributed by atoms with Crippen molar-refractivity contribution in [3.05, 3.63) is 57.9 Å². The number of rotatable bonds is 8. The van der Waals surface area contributed by atoms with Gasteiger partial charge in [0.1, 0.15) is 11.6 Å². The summed E-state index contributed by atoms with van der Waals surface area (Å²) in [5, 5.41) is 0.620. The van der Waals surface area contributed by atoms with Crippen LogP contribution >= 0.6 is 39.5 Å². The first kappa shape index (κ1) is 23.6. The van der Waals surface area contributed by atoms with E-state index in [0.29, 0.717) is 34.0 Å². The van der Waals surface area contributed by atoms with Crippen molar-refractivity contribution < 1.29 is 13.9 Å². The van der Waals surface area contributed by atoms with Crippen molar-refractivity contribution in [3.63, 3.8) is 0 Å². The van der Waals surface area contributed by atoms with Gasteiger partial charge in [-0.15, -0.1) is 0 Å². The molecule has 0 radical (unpaired) electrons. The molecule has 3 aromatic rings. The largest absolute Gasteiger partial charge is 0.453 e. The van der Waals surface area contributed by atoms with Gasteiger partial charge in [0.25, 0.3) is 0 Å². The van der Waals surface area contributed by atoms with E-state index in [-0.39, 0.29) is 11.9 Å². The topological polar surface area (TPSA) is 70.2 Å². The first-order valence-corrected chi connectivity index (χ1v) is 11.4. The maximum atomic E-state index is 13.8. The number of aromatic nitrogens is 2. The van der Waals surface area contributed by atoms with Gasteiger partial charge in [0.15, 0.2) is 0 Å². The van der Waals surface area contributed by atoms with E-state index in [1.807, 2.05) is 24.3 Å². The normalized spacial score (nSPS) is 10.9. The predicted molar refractivity (Wildman–Crippen MR) is 126 cm³/mol. The van der Waals surface area contributed by atoms with Crippen LogP contribution < -0.4 is 4.72 Å². The fraction of sp³-hybridized carbons (Fsp3) is 0.238. The van der Waals surface area contributed by atoms with Gasteiger partial charge < -0.3 is 14.6 Å². The number of carbonyl (C=O) groups is 1. The van der Waals surface area contributed by atoms with Gasteiger partial charge in [-0.1, -0.05) is 17.7 Å². The number of nitrogens with one attached hydrogen (secondary N) is 2. The number of aromatic amines is 1. The molecule has 0 bridgehead atoms. The van der Waals surface area contributed by atoms with Crippen LogP contribution in [0.5, 0.6) is 0 Å². The second-order valence-corrected chi connectivity index (χ2v) is 8.86. The molecule has 0 atom stereocenters. The monoisotopic (exact) mass is 526 g/mol. The number of benzene rings is 2. The number of hydrogen-bond donors (Lipinski definition) is 2. The molecule has 1 amide bonds. The van der Waals surface area contributed by atoms with Crippen molar-refractivity contribution in [2.24, 2.45) is 0 Å². The van der Waals surface area contributed by atoms with Crippen molar-refractivity contribution in [3.8, 4) is 22.6 Å². The lowest BCUT2D eigenvalue weighted by molar-refractivity contribution is 0.133. The zero-order valence-electron chi connectivity index (χ0n) is 16.9. The Hall–Kier alpha value is -2.07. The number of hydrogen-bond acceptors (Lipinski definition) is 5. The van der Waals surface area contributed by atoms with Crippen LogP contribution in [0.2, 0.25) is 5.02 Å². The molecule has 1 aromatic heterocycles. The Labute approximate surface area is 197 Å². The van der Waals surface area contributed by atoms with Crippen LogP contribution in [0, 0.1) is 5.82 Å². The Morgan fingerprint density at radius 2 is 2.10 bits per heavy atom. The number of amides is 1. The van der Waals surface area contributed by atoms with Crippen molar-refractivity contribution >= 4 is 45.6 Å². The lowest BCUT2D eigenvalue weighted by atomic mass is 10.2. The smallest absolute Gasteiger partial charge is 0.409 e. The molecule has 0 aliphatic rings. The summed E-state index contributed by atoms with van der Waals surface area (Å²) in [6.45, 7) is 1.27. The third-order valence-corrected chi connectivity index (χ3v) is 6.44. The molecule has 0 aliphatic heterocycles. The van der Waals surface area contributed by atoms with Crippen LogP contribution in [0.4, 0.5) is 9.18 Å². The van der Waals surface area contributed by atoms with Crippen LogP contribution in [0.1, 0.15) is 6.42 Å². The highest BCUT2D eigenvalue weighted by molar-refractivity contribution is 9.10. The Bertz CT molecular complexity index is 1070.